The Kier molecular flexibility index (Phi) is 6.83. The fraction of sp³-hybridized carbons (Fsp3) is 0.292. The van der Waals surface area contributed by atoms with Gasteiger partial charge in [-0.3, -0.25) is 25.0 Å². The number of aryl methyl sites for hydroxylation is 1. The maximum Gasteiger partial charge on any atom is 0.276 e. The highest BCUT2D eigenvalue weighted by molar-refractivity contribution is 5.91. The van der Waals surface area contributed by atoms with Crippen LogP contribution in [0, 0.1) is 10.1 Å². The standard InChI is InChI=1S/C24H26N4O5/c29-12-11-27(10-9-18-15-25-21-4-2-1-3-19(18)21)22-7-5-16-13-17(6-8-24(30)26-31)23(28(32)33)14-20(16)22/h1-4,6,8,13-15,22,25,29,31H,5,7,9-12H2,(H,26,30)/b8-6+. The second-order valence-electron chi connectivity index (χ2n) is 8.10. The van der Waals surface area contributed by atoms with Crippen LogP contribution in [0.4, 0.5) is 5.69 Å². The first-order valence-electron chi connectivity index (χ1n) is 10.8. The first-order valence-corrected chi connectivity index (χ1v) is 10.8. The van der Waals surface area contributed by atoms with Crippen molar-refractivity contribution in [3.8, 4) is 0 Å². The molecule has 0 bridgehead atoms. The van der Waals surface area contributed by atoms with Crippen molar-refractivity contribution in [2.75, 3.05) is 19.7 Å². The minimum atomic E-state index is -0.755. The number of hydroxylamine groups is 1. The molecule has 4 N–H and O–H groups in total. The molecular weight excluding hydrogens is 424 g/mol. The molecule has 0 spiro atoms. The van der Waals surface area contributed by atoms with Crippen LogP contribution in [0.2, 0.25) is 0 Å². The van der Waals surface area contributed by atoms with Crippen LogP contribution in [0.5, 0.6) is 0 Å². The Hall–Kier alpha value is -3.53. The molecule has 1 aromatic heterocycles. The van der Waals surface area contributed by atoms with E-state index in [-0.39, 0.29) is 18.3 Å². The number of fused-ring (bicyclic) bond motifs is 2. The van der Waals surface area contributed by atoms with Crippen LogP contribution in [0.25, 0.3) is 17.0 Å². The molecule has 4 rings (SSSR count). The summed E-state index contributed by atoms with van der Waals surface area (Å²) in [5.41, 5.74) is 5.86. The summed E-state index contributed by atoms with van der Waals surface area (Å²) in [5, 5.41) is 31.2. The quantitative estimate of drug-likeness (QED) is 0.171. The molecule has 33 heavy (non-hydrogen) atoms. The van der Waals surface area contributed by atoms with E-state index in [9.17, 15) is 20.0 Å². The molecule has 1 amide bonds. The number of benzene rings is 2. The third-order valence-corrected chi connectivity index (χ3v) is 6.23. The van der Waals surface area contributed by atoms with E-state index in [0.29, 0.717) is 18.7 Å². The average Bonchev–Trinajstić information content (AvgIpc) is 3.43. The molecule has 0 fully saturated rings. The van der Waals surface area contributed by atoms with Crippen LogP contribution in [0.1, 0.15) is 34.7 Å². The number of H-pyrrole nitrogens is 1. The van der Waals surface area contributed by atoms with Gasteiger partial charge < -0.3 is 10.1 Å². The number of rotatable bonds is 9. The number of carbonyl (C=O) groups excluding carboxylic acids is 1. The molecule has 9 nitrogen and oxygen atoms in total. The van der Waals surface area contributed by atoms with Crippen molar-refractivity contribution in [2.24, 2.45) is 0 Å². The normalized spacial score (nSPS) is 15.4. The molecule has 2 aromatic carbocycles. The van der Waals surface area contributed by atoms with E-state index in [4.69, 9.17) is 5.21 Å². The number of nitrogens with one attached hydrogen (secondary N) is 2. The van der Waals surface area contributed by atoms with E-state index in [1.165, 1.54) is 22.5 Å². The van der Waals surface area contributed by atoms with Crippen LogP contribution >= 0.6 is 0 Å². The zero-order valence-corrected chi connectivity index (χ0v) is 18.0. The van der Waals surface area contributed by atoms with E-state index < -0.39 is 10.8 Å². The molecule has 1 heterocycles. The fourth-order valence-corrected chi connectivity index (χ4v) is 4.67. The zero-order chi connectivity index (χ0) is 23.4. The Labute approximate surface area is 190 Å². The molecule has 0 radical (unpaired) electrons. The molecule has 9 heteroatoms. The SMILES string of the molecule is O=C(/C=C/c1cc2c(cc1[N+](=O)[O-])C(N(CCO)CCc1c[nH]c3ccccc13)CC2)NO. The number of aliphatic hydroxyl groups excluding tert-OH is 1. The smallest absolute Gasteiger partial charge is 0.276 e. The monoisotopic (exact) mass is 450 g/mol. The molecule has 0 aliphatic heterocycles. The molecule has 172 valence electrons. The van der Waals surface area contributed by atoms with Gasteiger partial charge in [0.05, 0.1) is 17.1 Å². The van der Waals surface area contributed by atoms with Gasteiger partial charge in [-0.2, -0.15) is 0 Å². The van der Waals surface area contributed by atoms with E-state index in [0.717, 1.165) is 42.0 Å². The highest BCUT2D eigenvalue weighted by Crippen LogP contribution is 2.39. The molecule has 1 aliphatic rings. The van der Waals surface area contributed by atoms with Gasteiger partial charge in [0.25, 0.3) is 11.6 Å². The summed E-state index contributed by atoms with van der Waals surface area (Å²) in [5.74, 6) is -0.755. The van der Waals surface area contributed by atoms with E-state index in [2.05, 4.69) is 16.0 Å². The predicted octanol–water partition coefficient (Wildman–Crippen LogP) is 3.12. The first-order chi connectivity index (χ1) is 16.0. The zero-order valence-electron chi connectivity index (χ0n) is 18.0. The molecular formula is C24H26N4O5. The number of hydrogen-bond donors (Lipinski definition) is 4. The minimum Gasteiger partial charge on any atom is -0.395 e. The first kappa shape index (κ1) is 22.7. The second kappa shape index (κ2) is 9.95. The lowest BCUT2D eigenvalue weighted by Gasteiger charge is -2.29. The van der Waals surface area contributed by atoms with Gasteiger partial charge in [0.15, 0.2) is 0 Å². The number of aliphatic hydroxyl groups is 1. The number of nitrogens with zero attached hydrogens (tertiary/aromatic N) is 2. The Bertz CT molecular complexity index is 1200. The summed E-state index contributed by atoms with van der Waals surface area (Å²) in [6.45, 7) is 1.18. The van der Waals surface area contributed by atoms with Gasteiger partial charge in [0.1, 0.15) is 0 Å². The third kappa shape index (κ3) is 4.80. The number of amides is 1. The number of nitro groups is 1. The second-order valence-corrected chi connectivity index (χ2v) is 8.10. The van der Waals surface area contributed by atoms with Crippen molar-refractivity contribution in [1.82, 2.24) is 15.4 Å². The topological polar surface area (TPSA) is 132 Å². The van der Waals surface area contributed by atoms with Crippen LogP contribution in [0.15, 0.2) is 48.7 Å². The Balaban J connectivity index is 1.59. The average molecular weight is 450 g/mol. The van der Waals surface area contributed by atoms with Crippen molar-refractivity contribution >= 4 is 28.6 Å². The van der Waals surface area contributed by atoms with Crippen molar-refractivity contribution in [1.29, 1.82) is 0 Å². The fourth-order valence-electron chi connectivity index (χ4n) is 4.67. The van der Waals surface area contributed by atoms with Crippen LogP contribution in [0.3, 0.4) is 0 Å². The summed E-state index contributed by atoms with van der Waals surface area (Å²) in [6, 6.07) is 11.4. The molecule has 3 aromatic rings. The number of nitro benzene ring substituents is 1. The van der Waals surface area contributed by atoms with Crippen molar-refractivity contribution in [2.45, 2.75) is 25.3 Å². The van der Waals surface area contributed by atoms with Gasteiger partial charge in [-0.15, -0.1) is 0 Å². The largest absolute Gasteiger partial charge is 0.395 e. The van der Waals surface area contributed by atoms with Crippen LogP contribution in [-0.4, -0.2) is 50.7 Å². The van der Waals surface area contributed by atoms with Crippen molar-refractivity contribution in [3.63, 3.8) is 0 Å². The number of para-hydroxylation sites is 1. The molecule has 0 saturated heterocycles. The lowest BCUT2D eigenvalue weighted by atomic mass is 10.0. The van der Waals surface area contributed by atoms with Crippen LogP contribution < -0.4 is 5.48 Å². The van der Waals surface area contributed by atoms with Crippen molar-refractivity contribution < 1.29 is 20.0 Å². The lowest BCUT2D eigenvalue weighted by Crippen LogP contribution is -2.32. The van der Waals surface area contributed by atoms with Gasteiger partial charge in [0.2, 0.25) is 0 Å². The number of aromatic nitrogens is 1. The molecule has 1 atom stereocenters. The Morgan fingerprint density at radius 3 is 2.88 bits per heavy atom. The molecule has 1 unspecified atom stereocenters. The summed E-state index contributed by atoms with van der Waals surface area (Å²) < 4.78 is 0. The van der Waals surface area contributed by atoms with Gasteiger partial charge in [0, 0.05) is 48.4 Å². The number of hydrogen-bond acceptors (Lipinski definition) is 6. The molecule has 1 aliphatic carbocycles. The van der Waals surface area contributed by atoms with E-state index >= 15 is 0 Å². The summed E-state index contributed by atoms with van der Waals surface area (Å²) >= 11 is 0. The molecule has 0 saturated carbocycles. The van der Waals surface area contributed by atoms with Crippen molar-refractivity contribution in [3.05, 3.63) is 81.0 Å². The van der Waals surface area contributed by atoms with E-state index in [1.807, 2.05) is 24.4 Å². The van der Waals surface area contributed by atoms with Gasteiger partial charge in [-0.25, -0.2) is 5.48 Å². The Morgan fingerprint density at radius 1 is 1.30 bits per heavy atom. The van der Waals surface area contributed by atoms with Crippen LogP contribution in [-0.2, 0) is 17.6 Å². The van der Waals surface area contributed by atoms with Gasteiger partial charge in [-0.05, 0) is 54.2 Å². The summed E-state index contributed by atoms with van der Waals surface area (Å²) in [7, 11) is 0. The number of carbonyl (C=O) groups is 1. The minimum absolute atomic E-state index is 0.00109. The van der Waals surface area contributed by atoms with E-state index in [1.54, 1.807) is 12.1 Å². The highest BCUT2D eigenvalue weighted by atomic mass is 16.6. The summed E-state index contributed by atoms with van der Waals surface area (Å²) in [4.78, 5) is 28.0. The Morgan fingerprint density at radius 2 is 2.12 bits per heavy atom. The maximum absolute atomic E-state index is 11.7. The lowest BCUT2D eigenvalue weighted by molar-refractivity contribution is -0.385. The maximum atomic E-state index is 11.7. The van der Waals surface area contributed by atoms with Gasteiger partial charge in [-0.1, -0.05) is 18.2 Å². The van der Waals surface area contributed by atoms with Gasteiger partial charge >= 0.3 is 0 Å². The number of aromatic amines is 1. The third-order valence-electron chi connectivity index (χ3n) is 6.23. The highest BCUT2D eigenvalue weighted by Gasteiger charge is 2.31. The predicted molar refractivity (Wildman–Crippen MR) is 124 cm³/mol. The summed E-state index contributed by atoms with van der Waals surface area (Å²) in [6.07, 6.45) is 6.73.